The SMILES string of the molecule is O=C(CCCc1ccc(Cl)cc1)N(CCO)Cc1ccccc1. The smallest absolute Gasteiger partial charge is 0.222 e. The number of nitrogens with zero attached hydrogens (tertiary/aromatic N) is 1. The van der Waals surface area contributed by atoms with Crippen LogP contribution < -0.4 is 0 Å². The first-order chi connectivity index (χ1) is 11.2. The molecule has 0 aliphatic heterocycles. The quantitative estimate of drug-likeness (QED) is 0.801. The number of carbonyl (C=O) groups is 1. The maximum atomic E-state index is 12.4. The highest BCUT2D eigenvalue weighted by Gasteiger charge is 2.13. The minimum atomic E-state index is -0.0181. The van der Waals surface area contributed by atoms with Crippen molar-refractivity contribution in [3.05, 3.63) is 70.7 Å². The number of hydrogen-bond donors (Lipinski definition) is 1. The Morgan fingerprint density at radius 1 is 1.00 bits per heavy atom. The van der Waals surface area contributed by atoms with Crippen molar-refractivity contribution in [3.8, 4) is 0 Å². The minimum Gasteiger partial charge on any atom is -0.395 e. The van der Waals surface area contributed by atoms with Gasteiger partial charge in [-0.15, -0.1) is 0 Å². The van der Waals surface area contributed by atoms with E-state index < -0.39 is 0 Å². The second-order valence-corrected chi connectivity index (χ2v) is 5.94. The highest BCUT2D eigenvalue weighted by molar-refractivity contribution is 6.30. The third-order valence-electron chi connectivity index (χ3n) is 3.71. The predicted octanol–water partition coefficient (Wildman–Crippen LogP) is 3.68. The average Bonchev–Trinajstić information content (AvgIpc) is 2.57. The Morgan fingerprint density at radius 3 is 2.35 bits per heavy atom. The van der Waals surface area contributed by atoms with Crippen molar-refractivity contribution in [3.63, 3.8) is 0 Å². The van der Waals surface area contributed by atoms with E-state index in [1.54, 1.807) is 4.90 Å². The molecule has 122 valence electrons. The van der Waals surface area contributed by atoms with Gasteiger partial charge in [-0.2, -0.15) is 0 Å². The minimum absolute atomic E-state index is 0.0181. The van der Waals surface area contributed by atoms with Crippen LogP contribution in [0, 0.1) is 0 Å². The molecule has 0 saturated heterocycles. The fourth-order valence-electron chi connectivity index (χ4n) is 2.47. The molecule has 2 rings (SSSR count). The lowest BCUT2D eigenvalue weighted by atomic mass is 10.1. The van der Waals surface area contributed by atoms with Crippen molar-refractivity contribution in [2.45, 2.75) is 25.8 Å². The molecule has 0 bridgehead atoms. The molecular formula is C19H22ClNO2. The van der Waals surface area contributed by atoms with Crippen LogP contribution in [0.3, 0.4) is 0 Å². The van der Waals surface area contributed by atoms with Gasteiger partial charge in [0.2, 0.25) is 5.91 Å². The summed E-state index contributed by atoms with van der Waals surface area (Å²) in [5.74, 6) is 0.0804. The van der Waals surface area contributed by atoms with Crippen molar-refractivity contribution in [1.82, 2.24) is 4.90 Å². The number of aryl methyl sites for hydroxylation is 1. The Kier molecular flexibility index (Phi) is 7.11. The number of rotatable bonds is 8. The zero-order valence-electron chi connectivity index (χ0n) is 13.1. The summed E-state index contributed by atoms with van der Waals surface area (Å²) in [4.78, 5) is 14.1. The molecule has 0 aliphatic rings. The second kappa shape index (κ2) is 9.33. The zero-order chi connectivity index (χ0) is 16.5. The molecule has 0 heterocycles. The number of halogens is 1. The highest BCUT2D eigenvalue weighted by atomic mass is 35.5. The Labute approximate surface area is 142 Å². The summed E-state index contributed by atoms with van der Waals surface area (Å²) in [7, 11) is 0. The van der Waals surface area contributed by atoms with Crippen LogP contribution in [-0.4, -0.2) is 29.1 Å². The molecule has 0 radical (unpaired) electrons. The molecule has 0 aromatic heterocycles. The first-order valence-corrected chi connectivity index (χ1v) is 8.24. The molecule has 2 aromatic carbocycles. The van der Waals surface area contributed by atoms with Crippen LogP contribution in [0.5, 0.6) is 0 Å². The van der Waals surface area contributed by atoms with Gasteiger partial charge in [-0.05, 0) is 36.1 Å². The average molecular weight is 332 g/mol. The van der Waals surface area contributed by atoms with Gasteiger partial charge >= 0.3 is 0 Å². The van der Waals surface area contributed by atoms with Gasteiger partial charge in [0.1, 0.15) is 0 Å². The van der Waals surface area contributed by atoms with Gasteiger partial charge in [-0.3, -0.25) is 4.79 Å². The molecule has 0 unspecified atom stereocenters. The van der Waals surface area contributed by atoms with Gasteiger partial charge in [0.05, 0.1) is 6.61 Å². The molecule has 0 fully saturated rings. The van der Waals surface area contributed by atoms with E-state index in [1.807, 2.05) is 54.6 Å². The Balaban J connectivity index is 1.84. The first-order valence-electron chi connectivity index (χ1n) is 7.86. The molecule has 23 heavy (non-hydrogen) atoms. The third-order valence-corrected chi connectivity index (χ3v) is 3.96. The number of amides is 1. The van der Waals surface area contributed by atoms with Gasteiger partial charge in [0.15, 0.2) is 0 Å². The van der Waals surface area contributed by atoms with Gasteiger partial charge in [-0.25, -0.2) is 0 Å². The van der Waals surface area contributed by atoms with Gasteiger partial charge in [0.25, 0.3) is 0 Å². The molecular weight excluding hydrogens is 310 g/mol. The van der Waals surface area contributed by atoms with Gasteiger partial charge < -0.3 is 10.0 Å². The van der Waals surface area contributed by atoms with Crippen molar-refractivity contribution in [1.29, 1.82) is 0 Å². The van der Waals surface area contributed by atoms with E-state index in [1.165, 1.54) is 5.56 Å². The normalized spacial score (nSPS) is 10.5. The van der Waals surface area contributed by atoms with Crippen LogP contribution >= 0.6 is 11.6 Å². The number of hydrogen-bond acceptors (Lipinski definition) is 2. The summed E-state index contributed by atoms with van der Waals surface area (Å²) >= 11 is 5.87. The van der Waals surface area contributed by atoms with Crippen LogP contribution in [0.1, 0.15) is 24.0 Å². The monoisotopic (exact) mass is 331 g/mol. The lowest BCUT2D eigenvalue weighted by Gasteiger charge is -2.22. The van der Waals surface area contributed by atoms with Crippen molar-refractivity contribution in [2.75, 3.05) is 13.2 Å². The van der Waals surface area contributed by atoms with Crippen LogP contribution in [0.15, 0.2) is 54.6 Å². The van der Waals surface area contributed by atoms with E-state index in [0.29, 0.717) is 19.5 Å². The number of aliphatic hydroxyl groups excluding tert-OH is 1. The Bertz CT molecular complexity index is 599. The van der Waals surface area contributed by atoms with Crippen molar-refractivity contribution in [2.24, 2.45) is 0 Å². The number of benzene rings is 2. The molecule has 1 amide bonds. The summed E-state index contributed by atoms with van der Waals surface area (Å²) < 4.78 is 0. The fraction of sp³-hybridized carbons (Fsp3) is 0.316. The van der Waals surface area contributed by atoms with E-state index in [4.69, 9.17) is 11.6 Å². The van der Waals surface area contributed by atoms with E-state index in [9.17, 15) is 9.90 Å². The molecule has 3 nitrogen and oxygen atoms in total. The fourth-order valence-corrected chi connectivity index (χ4v) is 2.60. The van der Waals surface area contributed by atoms with Crippen LogP contribution in [0.2, 0.25) is 5.02 Å². The van der Waals surface area contributed by atoms with Gasteiger partial charge in [-0.1, -0.05) is 54.1 Å². The summed E-state index contributed by atoms with van der Waals surface area (Å²) in [6.07, 6.45) is 2.12. The number of carbonyl (C=O) groups excluding carboxylic acids is 1. The van der Waals surface area contributed by atoms with E-state index in [0.717, 1.165) is 23.4 Å². The third kappa shape index (κ3) is 6.05. The van der Waals surface area contributed by atoms with E-state index in [2.05, 4.69) is 0 Å². The molecule has 0 saturated carbocycles. The second-order valence-electron chi connectivity index (χ2n) is 5.50. The van der Waals surface area contributed by atoms with E-state index >= 15 is 0 Å². The maximum absolute atomic E-state index is 12.4. The Morgan fingerprint density at radius 2 is 1.70 bits per heavy atom. The number of aliphatic hydroxyl groups is 1. The molecule has 1 N–H and O–H groups in total. The molecule has 4 heteroatoms. The summed E-state index contributed by atoms with van der Waals surface area (Å²) in [6.45, 7) is 0.894. The van der Waals surface area contributed by atoms with Crippen molar-refractivity contribution < 1.29 is 9.90 Å². The van der Waals surface area contributed by atoms with Crippen LogP contribution in [-0.2, 0) is 17.8 Å². The maximum Gasteiger partial charge on any atom is 0.222 e. The largest absolute Gasteiger partial charge is 0.395 e. The topological polar surface area (TPSA) is 40.5 Å². The predicted molar refractivity (Wildman–Crippen MR) is 93.3 cm³/mol. The lowest BCUT2D eigenvalue weighted by Crippen LogP contribution is -2.33. The van der Waals surface area contributed by atoms with Crippen LogP contribution in [0.25, 0.3) is 0 Å². The lowest BCUT2D eigenvalue weighted by molar-refractivity contribution is -0.132. The molecule has 0 aliphatic carbocycles. The van der Waals surface area contributed by atoms with E-state index in [-0.39, 0.29) is 12.5 Å². The summed E-state index contributed by atoms with van der Waals surface area (Å²) in [5.41, 5.74) is 2.26. The summed E-state index contributed by atoms with van der Waals surface area (Å²) in [5, 5.41) is 9.91. The summed E-state index contributed by atoms with van der Waals surface area (Å²) in [6, 6.07) is 17.6. The van der Waals surface area contributed by atoms with Gasteiger partial charge in [0, 0.05) is 24.5 Å². The zero-order valence-corrected chi connectivity index (χ0v) is 13.9. The highest BCUT2D eigenvalue weighted by Crippen LogP contribution is 2.13. The van der Waals surface area contributed by atoms with Crippen LogP contribution in [0.4, 0.5) is 0 Å². The Hall–Kier alpha value is -1.84. The van der Waals surface area contributed by atoms with Crippen molar-refractivity contribution >= 4 is 17.5 Å². The first kappa shape index (κ1) is 17.5. The molecule has 0 atom stereocenters. The molecule has 0 spiro atoms. The standard InChI is InChI=1S/C19H22ClNO2/c20-18-11-9-16(10-12-18)7-4-8-19(23)21(13-14-22)15-17-5-2-1-3-6-17/h1-3,5-6,9-12,22H,4,7-8,13-15H2. The molecule has 2 aromatic rings.